The van der Waals surface area contributed by atoms with Gasteiger partial charge in [-0.25, -0.2) is 13.4 Å². The van der Waals surface area contributed by atoms with Crippen molar-refractivity contribution in [3.63, 3.8) is 0 Å². The maximum Gasteiger partial charge on any atom is 0.255 e. The molecule has 0 spiro atoms. The number of sulfonamides is 1. The molecule has 3 heterocycles. The SMILES string of the molecule is CCS(=O)(=O)N1CCc2nc([C@@H]3CCCCN3)[nH]c(=O)c2C1. The lowest BCUT2D eigenvalue weighted by atomic mass is 10.0. The third kappa shape index (κ3) is 2.95. The first-order valence-electron chi connectivity index (χ1n) is 7.84. The van der Waals surface area contributed by atoms with Crippen molar-refractivity contribution in [2.24, 2.45) is 0 Å². The van der Waals surface area contributed by atoms with Gasteiger partial charge in [-0.1, -0.05) is 6.42 Å². The summed E-state index contributed by atoms with van der Waals surface area (Å²) in [6.45, 7) is 3.09. The maximum atomic E-state index is 12.3. The van der Waals surface area contributed by atoms with Crippen LogP contribution in [-0.2, 0) is 23.0 Å². The number of nitrogens with one attached hydrogen (secondary N) is 2. The predicted molar refractivity (Wildman–Crippen MR) is 83.0 cm³/mol. The summed E-state index contributed by atoms with van der Waals surface area (Å²) in [6.07, 6.45) is 3.74. The molecule has 2 aliphatic heterocycles. The number of hydrogen-bond acceptors (Lipinski definition) is 5. The van der Waals surface area contributed by atoms with Crippen molar-refractivity contribution >= 4 is 10.0 Å². The summed E-state index contributed by atoms with van der Waals surface area (Å²) in [5, 5.41) is 3.37. The number of hydrogen-bond donors (Lipinski definition) is 2. The molecule has 0 aliphatic carbocycles. The monoisotopic (exact) mass is 326 g/mol. The lowest BCUT2D eigenvalue weighted by Crippen LogP contribution is -2.41. The Balaban J connectivity index is 1.89. The Labute approximate surface area is 130 Å². The number of rotatable bonds is 3. The van der Waals surface area contributed by atoms with Gasteiger partial charge in [-0.05, 0) is 26.3 Å². The van der Waals surface area contributed by atoms with Crippen LogP contribution in [0.5, 0.6) is 0 Å². The van der Waals surface area contributed by atoms with Gasteiger partial charge < -0.3 is 10.3 Å². The quantitative estimate of drug-likeness (QED) is 0.832. The van der Waals surface area contributed by atoms with Crippen LogP contribution in [0.25, 0.3) is 0 Å². The molecular weight excluding hydrogens is 304 g/mol. The second-order valence-electron chi connectivity index (χ2n) is 5.86. The van der Waals surface area contributed by atoms with Gasteiger partial charge >= 0.3 is 0 Å². The number of aromatic amines is 1. The van der Waals surface area contributed by atoms with E-state index in [9.17, 15) is 13.2 Å². The van der Waals surface area contributed by atoms with Gasteiger partial charge in [0.25, 0.3) is 5.56 Å². The van der Waals surface area contributed by atoms with Crippen molar-refractivity contribution in [3.05, 3.63) is 27.4 Å². The van der Waals surface area contributed by atoms with Crippen molar-refractivity contribution in [1.82, 2.24) is 19.6 Å². The second kappa shape index (κ2) is 6.10. The molecule has 0 amide bonds. The Bertz CT molecular complexity index is 707. The smallest absolute Gasteiger partial charge is 0.255 e. The Kier molecular flexibility index (Phi) is 4.33. The molecule has 2 aliphatic rings. The number of fused-ring (bicyclic) bond motifs is 1. The van der Waals surface area contributed by atoms with Crippen LogP contribution in [0.15, 0.2) is 4.79 Å². The average molecular weight is 326 g/mol. The Morgan fingerprint density at radius 2 is 2.18 bits per heavy atom. The highest BCUT2D eigenvalue weighted by Crippen LogP contribution is 2.22. The summed E-state index contributed by atoms with van der Waals surface area (Å²) in [6, 6.07) is 0.101. The van der Waals surface area contributed by atoms with E-state index in [0.29, 0.717) is 24.4 Å². The highest BCUT2D eigenvalue weighted by molar-refractivity contribution is 7.89. The number of aromatic nitrogens is 2. The molecule has 0 bridgehead atoms. The number of piperidine rings is 1. The molecule has 1 aromatic heterocycles. The summed E-state index contributed by atoms with van der Waals surface area (Å²) < 4.78 is 25.3. The van der Waals surface area contributed by atoms with Crippen molar-refractivity contribution < 1.29 is 8.42 Å². The molecule has 8 heteroatoms. The van der Waals surface area contributed by atoms with E-state index >= 15 is 0 Å². The Morgan fingerprint density at radius 1 is 1.36 bits per heavy atom. The minimum absolute atomic E-state index is 0.0533. The van der Waals surface area contributed by atoms with E-state index in [1.807, 2.05) is 0 Å². The van der Waals surface area contributed by atoms with E-state index in [-0.39, 0.29) is 23.9 Å². The predicted octanol–water partition coefficient (Wildman–Crippen LogP) is 0.292. The maximum absolute atomic E-state index is 12.3. The van der Waals surface area contributed by atoms with Gasteiger partial charge in [0.1, 0.15) is 5.82 Å². The minimum Gasteiger partial charge on any atom is -0.309 e. The molecule has 0 unspecified atom stereocenters. The van der Waals surface area contributed by atoms with Crippen molar-refractivity contribution in [1.29, 1.82) is 0 Å². The first kappa shape index (κ1) is 15.6. The molecule has 1 atom stereocenters. The van der Waals surface area contributed by atoms with Crippen molar-refractivity contribution in [2.45, 2.75) is 45.2 Å². The minimum atomic E-state index is -3.27. The largest absolute Gasteiger partial charge is 0.309 e. The molecule has 0 saturated carbocycles. The zero-order valence-corrected chi connectivity index (χ0v) is 13.6. The molecule has 2 N–H and O–H groups in total. The fourth-order valence-electron chi connectivity index (χ4n) is 3.09. The van der Waals surface area contributed by atoms with Crippen LogP contribution < -0.4 is 10.9 Å². The third-order valence-corrected chi connectivity index (χ3v) is 6.28. The molecule has 0 radical (unpaired) electrons. The molecule has 22 heavy (non-hydrogen) atoms. The first-order chi connectivity index (χ1) is 10.5. The molecule has 122 valence electrons. The second-order valence-corrected chi connectivity index (χ2v) is 8.12. The zero-order chi connectivity index (χ0) is 15.7. The fraction of sp³-hybridized carbons (Fsp3) is 0.714. The van der Waals surface area contributed by atoms with Gasteiger partial charge in [0.2, 0.25) is 10.0 Å². The summed E-state index contributed by atoms with van der Waals surface area (Å²) in [5.41, 5.74) is 1.03. The van der Waals surface area contributed by atoms with Crippen LogP contribution in [-0.4, -0.2) is 41.5 Å². The summed E-state index contributed by atoms with van der Waals surface area (Å²) in [4.78, 5) is 19.8. The van der Waals surface area contributed by atoms with Crippen LogP contribution in [0.4, 0.5) is 0 Å². The summed E-state index contributed by atoms with van der Waals surface area (Å²) >= 11 is 0. The normalized spacial score (nSPS) is 23.2. The molecule has 7 nitrogen and oxygen atoms in total. The Hall–Kier alpha value is -1.25. The average Bonchev–Trinajstić information content (AvgIpc) is 2.55. The van der Waals surface area contributed by atoms with Gasteiger partial charge in [-0.2, -0.15) is 4.31 Å². The van der Waals surface area contributed by atoms with Gasteiger partial charge in [0, 0.05) is 19.5 Å². The topological polar surface area (TPSA) is 95.2 Å². The van der Waals surface area contributed by atoms with E-state index in [2.05, 4.69) is 15.3 Å². The van der Waals surface area contributed by atoms with Crippen molar-refractivity contribution in [3.8, 4) is 0 Å². The van der Waals surface area contributed by atoms with E-state index in [0.717, 1.165) is 31.5 Å². The van der Waals surface area contributed by atoms with Gasteiger partial charge in [-0.3, -0.25) is 4.79 Å². The lowest BCUT2D eigenvalue weighted by Gasteiger charge is -2.28. The van der Waals surface area contributed by atoms with Gasteiger partial charge in [0.05, 0.1) is 23.1 Å². The standard InChI is InChI=1S/C14H22N4O3S/c1-2-22(20,21)18-8-6-11-10(9-18)14(19)17-13(16-11)12-5-3-4-7-15-12/h12,15H,2-9H2,1H3,(H,16,17,19)/t12-/m0/s1. The fourth-order valence-corrected chi connectivity index (χ4v) is 4.15. The molecule has 1 aromatic rings. The highest BCUT2D eigenvalue weighted by atomic mass is 32.2. The number of H-pyrrole nitrogens is 1. The summed E-state index contributed by atoms with van der Waals surface area (Å²) in [5.74, 6) is 0.743. The molecular formula is C14H22N4O3S. The van der Waals surface area contributed by atoms with E-state index in [1.54, 1.807) is 6.92 Å². The first-order valence-corrected chi connectivity index (χ1v) is 9.45. The molecule has 3 rings (SSSR count). The van der Waals surface area contributed by atoms with Gasteiger partial charge in [0.15, 0.2) is 0 Å². The molecule has 1 fully saturated rings. The van der Waals surface area contributed by atoms with Crippen molar-refractivity contribution in [2.75, 3.05) is 18.8 Å². The summed E-state index contributed by atoms with van der Waals surface area (Å²) in [7, 11) is -3.27. The lowest BCUT2D eigenvalue weighted by molar-refractivity contribution is 0.374. The third-order valence-electron chi connectivity index (χ3n) is 4.45. The Morgan fingerprint density at radius 3 is 2.86 bits per heavy atom. The van der Waals surface area contributed by atoms with E-state index < -0.39 is 10.0 Å². The zero-order valence-electron chi connectivity index (χ0n) is 12.8. The van der Waals surface area contributed by atoms with Crippen LogP contribution in [0.3, 0.4) is 0 Å². The van der Waals surface area contributed by atoms with Crippen LogP contribution >= 0.6 is 0 Å². The number of nitrogens with zero attached hydrogens (tertiary/aromatic N) is 2. The van der Waals surface area contributed by atoms with E-state index in [1.165, 1.54) is 4.31 Å². The van der Waals surface area contributed by atoms with E-state index in [4.69, 9.17) is 0 Å². The van der Waals surface area contributed by atoms with Crippen LogP contribution in [0.2, 0.25) is 0 Å². The highest BCUT2D eigenvalue weighted by Gasteiger charge is 2.29. The van der Waals surface area contributed by atoms with Gasteiger partial charge in [-0.15, -0.1) is 0 Å². The molecule has 0 aromatic carbocycles. The molecule has 1 saturated heterocycles. The van der Waals surface area contributed by atoms with Crippen LogP contribution in [0, 0.1) is 0 Å². The van der Waals surface area contributed by atoms with Crippen LogP contribution in [0.1, 0.15) is 49.3 Å².